The van der Waals surface area contributed by atoms with Crippen molar-refractivity contribution in [2.45, 2.75) is 32.8 Å². The van der Waals surface area contributed by atoms with E-state index in [0.717, 1.165) is 11.3 Å². The fraction of sp³-hybridized carbons (Fsp3) is 0.588. The van der Waals surface area contributed by atoms with Crippen molar-refractivity contribution in [2.24, 2.45) is 0 Å². The molecule has 0 N–H and O–H groups in total. The summed E-state index contributed by atoms with van der Waals surface area (Å²) in [7, 11) is -3.19. The highest BCUT2D eigenvalue weighted by molar-refractivity contribution is 7.88. The number of amides is 1. The molecule has 0 aromatic heterocycles. The van der Waals surface area contributed by atoms with Crippen LogP contribution in [-0.4, -0.2) is 62.1 Å². The molecule has 0 saturated carbocycles. The molecule has 6 nitrogen and oxygen atoms in total. The summed E-state index contributed by atoms with van der Waals surface area (Å²) in [6.07, 6.45) is 2.32. The van der Waals surface area contributed by atoms with Crippen LogP contribution in [0.15, 0.2) is 24.3 Å². The van der Waals surface area contributed by atoms with Crippen LogP contribution in [0.5, 0.6) is 5.75 Å². The minimum Gasteiger partial charge on any atom is -0.491 e. The van der Waals surface area contributed by atoms with Crippen LogP contribution >= 0.6 is 0 Å². The molecule has 1 amide bonds. The lowest BCUT2D eigenvalue weighted by molar-refractivity contribution is -0.130. The first-order chi connectivity index (χ1) is 11.3. The van der Waals surface area contributed by atoms with E-state index in [-0.39, 0.29) is 12.0 Å². The summed E-state index contributed by atoms with van der Waals surface area (Å²) in [4.78, 5) is 14.2. The van der Waals surface area contributed by atoms with Gasteiger partial charge in [-0.05, 0) is 38.0 Å². The van der Waals surface area contributed by atoms with E-state index in [2.05, 4.69) is 0 Å². The Balaban J connectivity index is 1.92. The van der Waals surface area contributed by atoms with Gasteiger partial charge in [0.1, 0.15) is 5.75 Å². The largest absolute Gasteiger partial charge is 0.491 e. The molecule has 134 valence electrons. The van der Waals surface area contributed by atoms with Gasteiger partial charge in [0.05, 0.1) is 18.8 Å². The summed E-state index contributed by atoms with van der Waals surface area (Å²) < 4.78 is 30.3. The van der Waals surface area contributed by atoms with Gasteiger partial charge >= 0.3 is 0 Å². The van der Waals surface area contributed by atoms with E-state index in [1.165, 1.54) is 10.6 Å². The van der Waals surface area contributed by atoms with E-state index in [9.17, 15) is 13.2 Å². The van der Waals surface area contributed by atoms with Gasteiger partial charge < -0.3 is 9.64 Å². The number of carbonyl (C=O) groups excluding carboxylic acids is 1. The zero-order chi connectivity index (χ0) is 17.7. The molecule has 0 atom stereocenters. The first kappa shape index (κ1) is 18.7. The number of nitrogens with zero attached hydrogens (tertiary/aromatic N) is 2. The Hall–Kier alpha value is -1.60. The van der Waals surface area contributed by atoms with E-state index >= 15 is 0 Å². The van der Waals surface area contributed by atoms with Gasteiger partial charge in [-0.2, -0.15) is 0 Å². The Labute approximate surface area is 144 Å². The Morgan fingerprint density at radius 3 is 2.38 bits per heavy atom. The first-order valence-corrected chi connectivity index (χ1v) is 10.1. The lowest BCUT2D eigenvalue weighted by Gasteiger charge is -2.21. The highest BCUT2D eigenvalue weighted by Gasteiger charge is 2.23. The summed E-state index contributed by atoms with van der Waals surface area (Å²) in [5.41, 5.74) is 0.931. The van der Waals surface area contributed by atoms with Gasteiger partial charge in [-0.15, -0.1) is 0 Å². The summed E-state index contributed by atoms with van der Waals surface area (Å²) >= 11 is 0. The maximum Gasteiger partial charge on any atom is 0.227 e. The van der Waals surface area contributed by atoms with Gasteiger partial charge in [-0.3, -0.25) is 4.79 Å². The minimum atomic E-state index is -3.19. The molecule has 1 aromatic rings. The molecule has 1 saturated heterocycles. The van der Waals surface area contributed by atoms with Crippen molar-refractivity contribution >= 4 is 15.9 Å². The first-order valence-electron chi connectivity index (χ1n) is 8.24. The predicted octanol–water partition coefficient (Wildman–Crippen LogP) is 1.51. The summed E-state index contributed by atoms with van der Waals surface area (Å²) in [5, 5.41) is 0. The predicted molar refractivity (Wildman–Crippen MR) is 93.5 cm³/mol. The SMILES string of the molecule is CC(C)Oc1ccc(CC(=O)N2CCCN(S(C)(=O)=O)CC2)cc1. The summed E-state index contributed by atoms with van der Waals surface area (Å²) in [6.45, 7) is 5.82. The number of sulfonamides is 1. The van der Waals surface area contributed by atoms with Crippen molar-refractivity contribution < 1.29 is 17.9 Å². The van der Waals surface area contributed by atoms with Gasteiger partial charge in [0.25, 0.3) is 0 Å². The lowest BCUT2D eigenvalue weighted by atomic mass is 10.1. The number of hydrogen-bond acceptors (Lipinski definition) is 4. The molecule has 1 aliphatic heterocycles. The average Bonchev–Trinajstić information content (AvgIpc) is 2.74. The highest BCUT2D eigenvalue weighted by Crippen LogP contribution is 2.15. The molecule has 0 unspecified atom stereocenters. The third-order valence-electron chi connectivity index (χ3n) is 3.93. The van der Waals surface area contributed by atoms with Crippen LogP contribution in [0.4, 0.5) is 0 Å². The second-order valence-electron chi connectivity index (χ2n) is 6.38. The van der Waals surface area contributed by atoms with Crippen LogP contribution < -0.4 is 4.74 Å². The van der Waals surface area contributed by atoms with Crippen molar-refractivity contribution in [3.63, 3.8) is 0 Å². The van der Waals surface area contributed by atoms with Gasteiger partial charge in [0.15, 0.2) is 0 Å². The quantitative estimate of drug-likeness (QED) is 0.804. The van der Waals surface area contributed by atoms with E-state index in [0.29, 0.717) is 39.0 Å². The van der Waals surface area contributed by atoms with Crippen LogP contribution in [0.3, 0.4) is 0 Å². The fourth-order valence-corrected chi connectivity index (χ4v) is 3.59. The Bertz CT molecular complexity index is 656. The van der Waals surface area contributed by atoms with E-state index in [4.69, 9.17) is 4.74 Å². The molecule has 0 spiro atoms. The molecule has 7 heteroatoms. The van der Waals surface area contributed by atoms with Crippen molar-refractivity contribution in [1.29, 1.82) is 0 Å². The van der Waals surface area contributed by atoms with Gasteiger partial charge in [0.2, 0.25) is 15.9 Å². The second kappa shape index (κ2) is 7.98. The number of ether oxygens (including phenoxy) is 1. The molecule has 0 aliphatic carbocycles. The normalized spacial score (nSPS) is 16.9. The maximum absolute atomic E-state index is 12.5. The fourth-order valence-electron chi connectivity index (χ4n) is 2.72. The van der Waals surface area contributed by atoms with Crippen LogP contribution in [0.2, 0.25) is 0 Å². The summed E-state index contributed by atoms with van der Waals surface area (Å²) in [6, 6.07) is 7.54. The van der Waals surface area contributed by atoms with Gasteiger partial charge in [0, 0.05) is 26.2 Å². The van der Waals surface area contributed by atoms with Crippen molar-refractivity contribution in [3.8, 4) is 5.75 Å². The zero-order valence-electron chi connectivity index (χ0n) is 14.6. The van der Waals surface area contributed by atoms with Crippen LogP contribution in [-0.2, 0) is 21.2 Å². The molecule has 24 heavy (non-hydrogen) atoms. The van der Waals surface area contributed by atoms with E-state index < -0.39 is 10.0 Å². The summed E-state index contributed by atoms with van der Waals surface area (Å²) in [5.74, 6) is 0.822. The molecule has 1 aliphatic rings. The third-order valence-corrected chi connectivity index (χ3v) is 5.23. The number of hydrogen-bond donors (Lipinski definition) is 0. The molecule has 0 radical (unpaired) electrons. The van der Waals surface area contributed by atoms with Gasteiger partial charge in [-0.25, -0.2) is 12.7 Å². The standard InChI is InChI=1S/C17H26N2O4S/c1-14(2)23-16-7-5-15(6-8-16)13-17(20)18-9-4-10-19(12-11-18)24(3,21)22/h5-8,14H,4,9-13H2,1-3H3. The van der Waals surface area contributed by atoms with Crippen molar-refractivity contribution in [2.75, 3.05) is 32.4 Å². The minimum absolute atomic E-state index is 0.0304. The molecule has 2 rings (SSSR count). The molecule has 0 bridgehead atoms. The Kier molecular flexibility index (Phi) is 6.23. The average molecular weight is 354 g/mol. The lowest BCUT2D eigenvalue weighted by Crippen LogP contribution is -2.37. The molecule has 1 fully saturated rings. The van der Waals surface area contributed by atoms with E-state index in [1.807, 2.05) is 38.1 Å². The molecular weight excluding hydrogens is 328 g/mol. The number of carbonyl (C=O) groups is 1. The van der Waals surface area contributed by atoms with Crippen LogP contribution in [0, 0.1) is 0 Å². The van der Waals surface area contributed by atoms with Crippen LogP contribution in [0.1, 0.15) is 25.8 Å². The molecular formula is C17H26N2O4S. The Morgan fingerprint density at radius 2 is 1.79 bits per heavy atom. The topological polar surface area (TPSA) is 66.9 Å². The highest BCUT2D eigenvalue weighted by atomic mass is 32.2. The van der Waals surface area contributed by atoms with Crippen molar-refractivity contribution in [1.82, 2.24) is 9.21 Å². The Morgan fingerprint density at radius 1 is 1.12 bits per heavy atom. The number of benzene rings is 1. The van der Waals surface area contributed by atoms with Crippen molar-refractivity contribution in [3.05, 3.63) is 29.8 Å². The van der Waals surface area contributed by atoms with Crippen LogP contribution in [0.25, 0.3) is 0 Å². The molecule has 1 aromatic carbocycles. The van der Waals surface area contributed by atoms with E-state index in [1.54, 1.807) is 4.90 Å². The zero-order valence-corrected chi connectivity index (χ0v) is 15.4. The second-order valence-corrected chi connectivity index (χ2v) is 8.37. The maximum atomic E-state index is 12.5. The number of rotatable bonds is 5. The monoisotopic (exact) mass is 354 g/mol. The smallest absolute Gasteiger partial charge is 0.227 e. The molecule has 1 heterocycles. The third kappa shape index (κ3) is 5.49. The van der Waals surface area contributed by atoms with Gasteiger partial charge in [-0.1, -0.05) is 12.1 Å².